The zero-order valence-corrected chi connectivity index (χ0v) is 11.4. The zero-order valence-electron chi connectivity index (χ0n) is 11.4. The number of nitro groups is 1. The fourth-order valence-electron chi connectivity index (χ4n) is 2.27. The second-order valence-electron chi connectivity index (χ2n) is 5.01. The van der Waals surface area contributed by atoms with Crippen LogP contribution < -0.4 is 10.6 Å². The van der Waals surface area contributed by atoms with E-state index in [1.807, 2.05) is 0 Å². The molecule has 6 nitrogen and oxygen atoms in total. The number of carbonyl (C=O) groups excluding carboxylic acids is 1. The van der Waals surface area contributed by atoms with E-state index in [2.05, 4.69) is 10.6 Å². The van der Waals surface area contributed by atoms with Crippen molar-refractivity contribution in [3.63, 3.8) is 0 Å². The smallest absolute Gasteiger partial charge is 0.377 e. The number of nitrogens with zero attached hydrogens (tertiary/aromatic N) is 1. The number of hydrogen-bond acceptors (Lipinski definition) is 4. The van der Waals surface area contributed by atoms with Crippen LogP contribution >= 0.6 is 0 Å². The van der Waals surface area contributed by atoms with Gasteiger partial charge in [0, 0.05) is 25.1 Å². The molecule has 1 aliphatic rings. The van der Waals surface area contributed by atoms with Crippen LogP contribution in [0.25, 0.3) is 0 Å². The summed E-state index contributed by atoms with van der Waals surface area (Å²) in [5.74, 6) is -0.105. The highest BCUT2D eigenvalue weighted by molar-refractivity contribution is 5.76. The van der Waals surface area contributed by atoms with Crippen molar-refractivity contribution in [3.05, 3.63) is 33.9 Å². The molecule has 1 fully saturated rings. The molecular weight excluding hydrogens is 303 g/mol. The summed E-state index contributed by atoms with van der Waals surface area (Å²) in [7, 11) is 0. The zero-order chi connectivity index (χ0) is 16.3. The SMILES string of the molecule is O=C1CC[C@@H](Nc2ccc(C(F)(F)F)cc2[N+](=O)[O-])CCN1. The van der Waals surface area contributed by atoms with E-state index in [9.17, 15) is 28.1 Å². The third-order valence-electron chi connectivity index (χ3n) is 3.42. The fourth-order valence-corrected chi connectivity index (χ4v) is 2.27. The molecule has 22 heavy (non-hydrogen) atoms. The van der Waals surface area contributed by atoms with E-state index in [-0.39, 0.29) is 24.1 Å². The van der Waals surface area contributed by atoms with Gasteiger partial charge in [-0.3, -0.25) is 14.9 Å². The Balaban J connectivity index is 2.23. The monoisotopic (exact) mass is 317 g/mol. The van der Waals surface area contributed by atoms with Gasteiger partial charge in [-0.25, -0.2) is 0 Å². The van der Waals surface area contributed by atoms with Crippen LogP contribution in [0, 0.1) is 10.1 Å². The summed E-state index contributed by atoms with van der Waals surface area (Å²) in [5.41, 5.74) is -1.67. The summed E-state index contributed by atoms with van der Waals surface area (Å²) in [6.45, 7) is 0.422. The summed E-state index contributed by atoms with van der Waals surface area (Å²) < 4.78 is 37.9. The highest BCUT2D eigenvalue weighted by Crippen LogP contribution is 2.35. The third-order valence-corrected chi connectivity index (χ3v) is 3.42. The van der Waals surface area contributed by atoms with Gasteiger partial charge in [0.05, 0.1) is 10.5 Å². The van der Waals surface area contributed by atoms with Gasteiger partial charge in [-0.05, 0) is 25.0 Å². The topological polar surface area (TPSA) is 84.3 Å². The summed E-state index contributed by atoms with van der Waals surface area (Å²) in [6, 6.07) is 2.16. The van der Waals surface area contributed by atoms with Crippen molar-refractivity contribution in [1.82, 2.24) is 5.32 Å². The van der Waals surface area contributed by atoms with Crippen LogP contribution in [0.4, 0.5) is 24.5 Å². The number of carbonyl (C=O) groups is 1. The molecule has 0 aromatic heterocycles. The molecule has 1 saturated heterocycles. The van der Waals surface area contributed by atoms with Crippen LogP contribution in [0.5, 0.6) is 0 Å². The van der Waals surface area contributed by atoms with Crippen molar-refractivity contribution >= 4 is 17.3 Å². The molecule has 0 saturated carbocycles. The Morgan fingerprint density at radius 1 is 1.32 bits per heavy atom. The van der Waals surface area contributed by atoms with E-state index >= 15 is 0 Å². The number of anilines is 1. The minimum Gasteiger partial charge on any atom is -0.377 e. The second kappa shape index (κ2) is 6.20. The van der Waals surface area contributed by atoms with Crippen LogP contribution in [0.15, 0.2) is 18.2 Å². The molecule has 0 unspecified atom stereocenters. The van der Waals surface area contributed by atoms with E-state index < -0.39 is 22.4 Å². The molecule has 2 rings (SSSR count). The molecule has 0 bridgehead atoms. The summed E-state index contributed by atoms with van der Waals surface area (Å²) >= 11 is 0. The van der Waals surface area contributed by atoms with Crippen molar-refractivity contribution in [1.29, 1.82) is 0 Å². The summed E-state index contributed by atoms with van der Waals surface area (Å²) in [4.78, 5) is 21.4. The molecule has 0 aliphatic carbocycles. The highest BCUT2D eigenvalue weighted by Gasteiger charge is 2.33. The molecule has 1 aromatic rings. The number of benzene rings is 1. The average molecular weight is 317 g/mol. The Morgan fingerprint density at radius 3 is 2.68 bits per heavy atom. The molecule has 1 heterocycles. The van der Waals surface area contributed by atoms with Crippen molar-refractivity contribution in [3.8, 4) is 0 Å². The Bertz CT molecular complexity index is 590. The molecule has 1 amide bonds. The Kier molecular flexibility index (Phi) is 4.53. The Labute approximate surface area is 123 Å². The van der Waals surface area contributed by atoms with Crippen molar-refractivity contribution < 1.29 is 22.9 Å². The lowest BCUT2D eigenvalue weighted by Gasteiger charge is -2.17. The first-order valence-corrected chi connectivity index (χ1v) is 6.66. The highest BCUT2D eigenvalue weighted by atomic mass is 19.4. The number of nitrogens with one attached hydrogen (secondary N) is 2. The molecule has 2 N–H and O–H groups in total. The summed E-state index contributed by atoms with van der Waals surface area (Å²) in [6.07, 6.45) is -3.36. The maximum absolute atomic E-state index is 12.6. The van der Waals surface area contributed by atoms with E-state index in [1.165, 1.54) is 0 Å². The molecule has 1 atom stereocenters. The van der Waals surface area contributed by atoms with E-state index in [4.69, 9.17) is 0 Å². The quantitative estimate of drug-likeness (QED) is 0.663. The van der Waals surface area contributed by atoms with Crippen LogP contribution in [0.2, 0.25) is 0 Å². The Morgan fingerprint density at radius 2 is 2.05 bits per heavy atom. The third kappa shape index (κ3) is 3.86. The number of nitro benzene ring substituents is 1. The normalized spacial score (nSPS) is 19.2. The summed E-state index contributed by atoms with van der Waals surface area (Å²) in [5, 5.41) is 16.5. The Hall–Kier alpha value is -2.32. The predicted octanol–water partition coefficient (Wildman–Crippen LogP) is 2.69. The first-order chi connectivity index (χ1) is 10.3. The lowest BCUT2D eigenvalue weighted by atomic mass is 10.1. The largest absolute Gasteiger partial charge is 0.416 e. The lowest BCUT2D eigenvalue weighted by molar-refractivity contribution is -0.384. The van der Waals surface area contributed by atoms with Gasteiger partial charge in [0.15, 0.2) is 0 Å². The van der Waals surface area contributed by atoms with E-state index in [1.54, 1.807) is 0 Å². The lowest BCUT2D eigenvalue weighted by Crippen LogP contribution is -2.23. The number of halogens is 3. The molecule has 120 valence electrons. The molecule has 1 aliphatic heterocycles. The average Bonchev–Trinajstić information content (AvgIpc) is 2.62. The van der Waals surface area contributed by atoms with Gasteiger partial charge in [0.2, 0.25) is 5.91 Å². The molecule has 1 aromatic carbocycles. The molecule has 0 radical (unpaired) electrons. The maximum Gasteiger partial charge on any atom is 0.416 e. The second-order valence-corrected chi connectivity index (χ2v) is 5.01. The van der Waals surface area contributed by atoms with Crippen molar-refractivity contribution in [2.45, 2.75) is 31.5 Å². The predicted molar refractivity (Wildman–Crippen MR) is 72.4 cm³/mol. The van der Waals surface area contributed by atoms with Gasteiger partial charge >= 0.3 is 6.18 Å². The van der Waals surface area contributed by atoms with Crippen molar-refractivity contribution in [2.24, 2.45) is 0 Å². The number of amides is 1. The standard InChI is InChI=1S/C13H14F3N3O3/c14-13(15,16)8-1-3-10(11(7-8)19(21)22)18-9-2-4-12(20)17-6-5-9/h1,3,7,9,18H,2,4-6H2,(H,17,20)/t9-/m1/s1. The van der Waals surface area contributed by atoms with E-state index in [0.717, 1.165) is 12.1 Å². The minimum absolute atomic E-state index is 0.0253. The van der Waals surface area contributed by atoms with Gasteiger partial charge in [0.25, 0.3) is 5.69 Å². The van der Waals surface area contributed by atoms with Crippen LogP contribution in [-0.2, 0) is 11.0 Å². The van der Waals surface area contributed by atoms with E-state index in [0.29, 0.717) is 25.5 Å². The fraction of sp³-hybridized carbons (Fsp3) is 0.462. The van der Waals surface area contributed by atoms with Crippen LogP contribution in [-0.4, -0.2) is 23.4 Å². The minimum atomic E-state index is -4.64. The first-order valence-electron chi connectivity index (χ1n) is 6.66. The van der Waals surface area contributed by atoms with Gasteiger partial charge in [0.1, 0.15) is 5.69 Å². The van der Waals surface area contributed by atoms with Gasteiger partial charge in [-0.2, -0.15) is 13.2 Å². The molecular formula is C13H14F3N3O3. The van der Waals surface area contributed by atoms with Crippen LogP contribution in [0.1, 0.15) is 24.8 Å². The molecule has 9 heteroatoms. The van der Waals surface area contributed by atoms with Crippen LogP contribution in [0.3, 0.4) is 0 Å². The maximum atomic E-state index is 12.6. The van der Waals surface area contributed by atoms with Gasteiger partial charge < -0.3 is 10.6 Å². The van der Waals surface area contributed by atoms with Gasteiger partial charge in [-0.1, -0.05) is 0 Å². The number of alkyl halides is 3. The molecule has 0 spiro atoms. The van der Waals surface area contributed by atoms with Crippen molar-refractivity contribution in [2.75, 3.05) is 11.9 Å². The van der Waals surface area contributed by atoms with Gasteiger partial charge in [-0.15, -0.1) is 0 Å². The number of rotatable bonds is 3. The number of hydrogen-bond donors (Lipinski definition) is 2. The first kappa shape index (κ1) is 16.1.